The fourth-order valence-corrected chi connectivity index (χ4v) is 4.76. The highest BCUT2D eigenvalue weighted by molar-refractivity contribution is 7.38. The van der Waals surface area contributed by atoms with Crippen LogP contribution in [-0.2, 0) is 11.0 Å². The second-order valence-corrected chi connectivity index (χ2v) is 8.67. The molecular formula is C14H21NS2. The van der Waals surface area contributed by atoms with E-state index >= 15 is 0 Å². The number of thiophene rings is 2. The van der Waals surface area contributed by atoms with Gasteiger partial charge in [-0.2, -0.15) is 0 Å². The molecule has 0 atom stereocenters. The van der Waals surface area contributed by atoms with Gasteiger partial charge < -0.3 is 5.73 Å². The van der Waals surface area contributed by atoms with Gasteiger partial charge in [0.15, 0.2) is 0 Å². The van der Waals surface area contributed by atoms with E-state index in [1.54, 1.807) is 0 Å². The van der Waals surface area contributed by atoms with Crippen molar-refractivity contribution >= 4 is 32.1 Å². The van der Waals surface area contributed by atoms with Crippen molar-refractivity contribution in [3.8, 4) is 0 Å². The first-order chi connectivity index (χ1) is 7.60. The zero-order valence-electron chi connectivity index (χ0n) is 11.5. The quantitative estimate of drug-likeness (QED) is 0.792. The zero-order valence-corrected chi connectivity index (χ0v) is 13.1. The highest BCUT2D eigenvalue weighted by Gasteiger charge is 2.24. The molecular weight excluding hydrogens is 246 g/mol. The van der Waals surface area contributed by atoms with Crippen molar-refractivity contribution in [3.05, 3.63) is 21.4 Å². The molecule has 2 heterocycles. The fourth-order valence-electron chi connectivity index (χ4n) is 2.04. The molecule has 0 fully saturated rings. The monoisotopic (exact) mass is 267 g/mol. The van der Waals surface area contributed by atoms with Crippen LogP contribution in [0.4, 0.5) is 0 Å². The number of rotatable bonds is 1. The second-order valence-electron chi connectivity index (χ2n) is 6.34. The molecule has 0 aromatic carbocycles. The maximum atomic E-state index is 6.17. The topological polar surface area (TPSA) is 26.0 Å². The number of fused-ring (bicyclic) bond motifs is 1. The molecule has 0 spiro atoms. The van der Waals surface area contributed by atoms with E-state index in [4.69, 9.17) is 5.73 Å². The Morgan fingerprint density at radius 1 is 1.06 bits per heavy atom. The summed E-state index contributed by atoms with van der Waals surface area (Å²) in [6, 6.07) is 2.28. The summed E-state index contributed by atoms with van der Waals surface area (Å²) in [5, 5.41) is 1.40. The first-order valence-electron chi connectivity index (χ1n) is 5.93. The van der Waals surface area contributed by atoms with Crippen LogP contribution < -0.4 is 5.73 Å². The van der Waals surface area contributed by atoms with Crippen molar-refractivity contribution in [2.24, 2.45) is 5.73 Å². The van der Waals surface area contributed by atoms with Gasteiger partial charge in [0.2, 0.25) is 0 Å². The second kappa shape index (κ2) is 3.81. The molecule has 0 amide bonds. The van der Waals surface area contributed by atoms with Gasteiger partial charge in [0.25, 0.3) is 0 Å². The average molecular weight is 267 g/mol. The Balaban J connectivity index is 2.61. The van der Waals surface area contributed by atoms with Crippen molar-refractivity contribution in [1.82, 2.24) is 0 Å². The summed E-state index contributed by atoms with van der Waals surface area (Å²) < 4.78 is 1.42. The van der Waals surface area contributed by atoms with Gasteiger partial charge in [0.05, 0.1) is 4.01 Å². The number of hydrogen-bond donors (Lipinski definition) is 1. The molecule has 0 aliphatic heterocycles. The Bertz CT molecular complexity index is 547. The van der Waals surface area contributed by atoms with E-state index in [0.717, 1.165) is 0 Å². The summed E-state index contributed by atoms with van der Waals surface area (Å²) in [6.45, 7) is 13.2. The van der Waals surface area contributed by atoms with Gasteiger partial charge in [0, 0.05) is 20.7 Å². The summed E-state index contributed by atoms with van der Waals surface area (Å²) in [5.74, 6) is 0. The molecule has 0 radical (unpaired) electrons. The molecule has 0 saturated heterocycles. The normalized spacial score (nSPS) is 13.6. The highest BCUT2D eigenvalue weighted by Crippen LogP contribution is 2.43. The Kier molecular flexibility index (Phi) is 2.92. The molecule has 2 aromatic heterocycles. The van der Waals surface area contributed by atoms with Crippen LogP contribution in [0.2, 0.25) is 0 Å². The summed E-state index contributed by atoms with van der Waals surface area (Å²) in [6.07, 6.45) is 0. The lowest BCUT2D eigenvalue weighted by Gasteiger charge is -2.18. The minimum atomic E-state index is -0.224. The van der Waals surface area contributed by atoms with Crippen LogP contribution in [0.15, 0.2) is 6.07 Å². The first kappa shape index (κ1) is 13.1. The third-order valence-electron chi connectivity index (χ3n) is 2.95. The Labute approximate surface area is 112 Å². The minimum absolute atomic E-state index is 0.224. The smallest absolute Gasteiger partial charge is 0.0874 e. The molecule has 94 valence electrons. The summed E-state index contributed by atoms with van der Waals surface area (Å²) in [5.41, 5.74) is 7.62. The molecule has 0 bridgehead atoms. The molecule has 2 rings (SSSR count). The van der Waals surface area contributed by atoms with Crippen LogP contribution in [0.3, 0.4) is 0 Å². The lowest BCUT2D eigenvalue weighted by atomic mass is 9.91. The largest absolute Gasteiger partial charge is 0.321 e. The Morgan fingerprint density at radius 2 is 1.65 bits per heavy atom. The van der Waals surface area contributed by atoms with Gasteiger partial charge in [0.1, 0.15) is 0 Å². The predicted molar refractivity (Wildman–Crippen MR) is 80.4 cm³/mol. The molecule has 0 aliphatic carbocycles. The number of aryl methyl sites for hydroxylation is 1. The number of hydrogen-bond acceptors (Lipinski definition) is 3. The fraction of sp³-hybridized carbons (Fsp3) is 0.571. The van der Waals surface area contributed by atoms with E-state index in [1.165, 1.54) is 24.7 Å². The zero-order chi connectivity index (χ0) is 13.0. The molecule has 17 heavy (non-hydrogen) atoms. The maximum Gasteiger partial charge on any atom is 0.0874 e. The highest BCUT2D eigenvalue weighted by atomic mass is 32.2. The molecule has 2 N–H and O–H groups in total. The van der Waals surface area contributed by atoms with Crippen LogP contribution in [0.5, 0.6) is 0 Å². The van der Waals surface area contributed by atoms with Gasteiger partial charge in [-0.1, -0.05) is 20.8 Å². The van der Waals surface area contributed by atoms with Crippen molar-refractivity contribution in [2.75, 3.05) is 0 Å². The van der Waals surface area contributed by atoms with Crippen molar-refractivity contribution in [2.45, 2.75) is 52.5 Å². The van der Waals surface area contributed by atoms with E-state index in [1.807, 2.05) is 22.7 Å². The molecule has 2 aromatic rings. The Morgan fingerprint density at radius 3 is 2.06 bits per heavy atom. The molecule has 3 heteroatoms. The third-order valence-corrected chi connectivity index (χ3v) is 6.25. The standard InChI is InChI=1S/C14H21NS2/c1-8-9-7-10(14(5,6)15)16-12(9)17-11(8)13(2,3)4/h7H,15H2,1-6H3. The van der Waals surface area contributed by atoms with Crippen LogP contribution in [0.1, 0.15) is 49.9 Å². The summed E-state index contributed by atoms with van der Waals surface area (Å²) >= 11 is 3.78. The molecule has 0 aliphatic rings. The SMILES string of the molecule is Cc1c(C(C)(C)C)sc2sc(C(C)(C)N)cc12. The summed E-state index contributed by atoms with van der Waals surface area (Å²) in [7, 11) is 0. The van der Waals surface area contributed by atoms with Gasteiger partial charge >= 0.3 is 0 Å². The van der Waals surface area contributed by atoms with E-state index < -0.39 is 0 Å². The van der Waals surface area contributed by atoms with Gasteiger partial charge in [-0.05, 0) is 37.8 Å². The average Bonchev–Trinajstić information content (AvgIpc) is 2.63. The lowest BCUT2D eigenvalue weighted by molar-refractivity contribution is 0.567. The van der Waals surface area contributed by atoms with Gasteiger partial charge in [-0.15, -0.1) is 22.7 Å². The number of nitrogens with two attached hydrogens (primary N) is 1. The van der Waals surface area contributed by atoms with E-state index in [9.17, 15) is 0 Å². The third kappa shape index (κ3) is 2.28. The van der Waals surface area contributed by atoms with Crippen molar-refractivity contribution in [1.29, 1.82) is 0 Å². The predicted octanol–water partition coefficient (Wildman–Crippen LogP) is 4.76. The summed E-state index contributed by atoms with van der Waals surface area (Å²) in [4.78, 5) is 2.78. The molecule has 0 unspecified atom stereocenters. The van der Waals surface area contributed by atoms with Crippen molar-refractivity contribution < 1.29 is 0 Å². The van der Waals surface area contributed by atoms with E-state index in [-0.39, 0.29) is 11.0 Å². The van der Waals surface area contributed by atoms with Crippen LogP contribution in [0.25, 0.3) is 9.40 Å². The van der Waals surface area contributed by atoms with Crippen LogP contribution in [-0.4, -0.2) is 0 Å². The lowest BCUT2D eigenvalue weighted by Crippen LogP contribution is -2.27. The Hall–Kier alpha value is -0.380. The van der Waals surface area contributed by atoms with Gasteiger partial charge in [-0.25, -0.2) is 0 Å². The van der Waals surface area contributed by atoms with E-state index in [0.29, 0.717) is 0 Å². The molecule has 0 saturated carbocycles. The van der Waals surface area contributed by atoms with Gasteiger partial charge in [-0.3, -0.25) is 0 Å². The van der Waals surface area contributed by atoms with Crippen LogP contribution >= 0.6 is 22.7 Å². The minimum Gasteiger partial charge on any atom is -0.321 e. The molecule has 1 nitrogen and oxygen atoms in total. The van der Waals surface area contributed by atoms with Crippen molar-refractivity contribution in [3.63, 3.8) is 0 Å². The first-order valence-corrected chi connectivity index (χ1v) is 7.57. The van der Waals surface area contributed by atoms with E-state index in [2.05, 4.69) is 47.6 Å². The van der Waals surface area contributed by atoms with Crippen LogP contribution in [0, 0.1) is 6.92 Å². The maximum absolute atomic E-state index is 6.17.